The van der Waals surface area contributed by atoms with Crippen LogP contribution in [0.3, 0.4) is 0 Å². The fourth-order valence-corrected chi connectivity index (χ4v) is 5.33. The van der Waals surface area contributed by atoms with Crippen LogP contribution in [0.1, 0.15) is 49.8 Å². The summed E-state index contributed by atoms with van der Waals surface area (Å²) in [6.45, 7) is 2.04. The minimum Gasteiger partial charge on any atom is -0.493 e. The Hall–Kier alpha value is -1.86. The molecule has 2 aromatic carbocycles. The van der Waals surface area contributed by atoms with E-state index in [1.54, 1.807) is 26.0 Å². The first kappa shape index (κ1) is 22.8. The number of methoxy groups -OCH3 is 2. The van der Waals surface area contributed by atoms with Gasteiger partial charge in [-0.25, -0.2) is 0 Å². The van der Waals surface area contributed by atoms with Gasteiger partial charge in [0, 0.05) is 22.6 Å². The van der Waals surface area contributed by atoms with Crippen LogP contribution in [0, 0.1) is 0 Å². The van der Waals surface area contributed by atoms with Crippen molar-refractivity contribution in [2.45, 2.75) is 55.3 Å². The molecule has 3 nitrogen and oxygen atoms in total. The third-order valence-electron chi connectivity index (χ3n) is 5.71. The van der Waals surface area contributed by atoms with Gasteiger partial charge >= 0.3 is 6.18 Å². The van der Waals surface area contributed by atoms with Crippen molar-refractivity contribution < 1.29 is 22.6 Å². The summed E-state index contributed by atoms with van der Waals surface area (Å²) < 4.78 is 49.4. The van der Waals surface area contributed by atoms with Gasteiger partial charge in [0.15, 0.2) is 11.5 Å². The fraction of sp³-hybridized carbons (Fsp3) is 0.478. The molecule has 0 aliphatic carbocycles. The van der Waals surface area contributed by atoms with E-state index in [1.165, 1.54) is 0 Å². The number of nitrogens with one attached hydrogen (secondary N) is 1. The number of ether oxygens (including phenoxy) is 2. The summed E-state index contributed by atoms with van der Waals surface area (Å²) in [5.41, 5.74) is 1.72. The third kappa shape index (κ3) is 5.24. The Morgan fingerprint density at radius 3 is 2.37 bits per heavy atom. The van der Waals surface area contributed by atoms with Gasteiger partial charge in [0.05, 0.1) is 20.3 Å². The number of rotatable bonds is 7. The molecule has 0 saturated heterocycles. The highest BCUT2D eigenvalue weighted by atomic mass is 32.2. The Kier molecular flexibility index (Phi) is 7.24. The molecule has 7 heteroatoms. The lowest BCUT2D eigenvalue weighted by molar-refractivity contribution is -0.136. The maximum absolute atomic E-state index is 12.8. The van der Waals surface area contributed by atoms with Gasteiger partial charge in [0.1, 0.15) is 0 Å². The second kappa shape index (κ2) is 9.52. The lowest BCUT2D eigenvalue weighted by atomic mass is 9.88. The molecule has 0 radical (unpaired) electrons. The van der Waals surface area contributed by atoms with Gasteiger partial charge in [-0.1, -0.05) is 37.3 Å². The lowest BCUT2D eigenvalue weighted by Gasteiger charge is -2.36. The zero-order valence-electron chi connectivity index (χ0n) is 17.5. The first-order valence-corrected chi connectivity index (χ1v) is 11.1. The van der Waals surface area contributed by atoms with Gasteiger partial charge in [0.2, 0.25) is 0 Å². The van der Waals surface area contributed by atoms with Gasteiger partial charge < -0.3 is 9.47 Å². The number of hydrogen-bond acceptors (Lipinski definition) is 4. The van der Waals surface area contributed by atoms with Crippen LogP contribution in [-0.4, -0.2) is 31.7 Å². The van der Waals surface area contributed by atoms with Gasteiger partial charge in [-0.15, -0.1) is 11.8 Å². The Morgan fingerprint density at radius 1 is 1.10 bits per heavy atom. The van der Waals surface area contributed by atoms with Crippen LogP contribution in [0.5, 0.6) is 11.5 Å². The standard InChI is InChI=1S/C23H28F3NO2S/c1-4-22(11-8-12-23(24,25)26)15-30-20-14-19(29-3)18(28-2)13-17(20)21(27-22)16-9-6-5-7-10-16/h5-7,9-10,13-14,21,27H,4,8,11-12,15H2,1-3H3/t21-,22-/m0/s1. The Morgan fingerprint density at radius 2 is 1.77 bits per heavy atom. The van der Waals surface area contributed by atoms with Gasteiger partial charge in [-0.3, -0.25) is 5.32 Å². The van der Waals surface area contributed by atoms with E-state index in [0.29, 0.717) is 23.7 Å². The Balaban J connectivity index is 2.01. The van der Waals surface area contributed by atoms with E-state index in [0.717, 1.165) is 22.4 Å². The number of benzene rings is 2. The first-order chi connectivity index (χ1) is 14.3. The van der Waals surface area contributed by atoms with E-state index < -0.39 is 18.1 Å². The molecule has 2 atom stereocenters. The van der Waals surface area contributed by atoms with Crippen LogP contribution in [0.15, 0.2) is 47.4 Å². The minimum atomic E-state index is -4.13. The summed E-state index contributed by atoms with van der Waals surface area (Å²) in [7, 11) is 3.21. The van der Waals surface area contributed by atoms with Gasteiger partial charge in [-0.2, -0.15) is 13.2 Å². The smallest absolute Gasteiger partial charge is 0.389 e. The van der Waals surface area contributed by atoms with Gasteiger partial charge in [-0.05, 0) is 42.5 Å². The van der Waals surface area contributed by atoms with Crippen molar-refractivity contribution >= 4 is 11.8 Å². The number of hydrogen-bond donors (Lipinski definition) is 1. The molecule has 0 spiro atoms. The zero-order chi connectivity index (χ0) is 21.8. The van der Waals surface area contributed by atoms with E-state index in [9.17, 15) is 13.2 Å². The van der Waals surface area contributed by atoms with E-state index in [4.69, 9.17) is 9.47 Å². The first-order valence-electron chi connectivity index (χ1n) is 10.1. The second-order valence-electron chi connectivity index (χ2n) is 7.62. The van der Waals surface area contributed by atoms with Crippen LogP contribution in [0.4, 0.5) is 13.2 Å². The summed E-state index contributed by atoms with van der Waals surface area (Å²) in [4.78, 5) is 1.06. The molecule has 1 N–H and O–H groups in total. The van der Waals surface area contributed by atoms with E-state index >= 15 is 0 Å². The molecule has 3 rings (SSSR count). The maximum atomic E-state index is 12.8. The van der Waals surface area contributed by atoms with E-state index in [-0.39, 0.29) is 12.5 Å². The van der Waals surface area contributed by atoms with Crippen molar-refractivity contribution in [3.05, 3.63) is 53.6 Å². The van der Waals surface area contributed by atoms with Crippen molar-refractivity contribution in [1.29, 1.82) is 0 Å². The van der Waals surface area contributed by atoms with Crippen molar-refractivity contribution in [3.8, 4) is 11.5 Å². The monoisotopic (exact) mass is 439 g/mol. The fourth-order valence-electron chi connectivity index (χ4n) is 3.93. The van der Waals surface area contributed by atoms with Crippen LogP contribution < -0.4 is 14.8 Å². The lowest BCUT2D eigenvalue weighted by Crippen LogP contribution is -2.48. The molecule has 0 amide bonds. The number of halogens is 3. The molecular formula is C23H28F3NO2S. The van der Waals surface area contributed by atoms with Crippen molar-refractivity contribution in [2.75, 3.05) is 20.0 Å². The molecule has 1 aliphatic rings. The highest BCUT2D eigenvalue weighted by Crippen LogP contribution is 2.45. The molecule has 1 aliphatic heterocycles. The highest BCUT2D eigenvalue weighted by Gasteiger charge is 2.37. The molecule has 0 bridgehead atoms. The highest BCUT2D eigenvalue weighted by molar-refractivity contribution is 7.99. The van der Waals surface area contributed by atoms with Crippen LogP contribution in [0.2, 0.25) is 0 Å². The summed E-state index contributed by atoms with van der Waals surface area (Å²) >= 11 is 1.67. The van der Waals surface area contributed by atoms with Crippen molar-refractivity contribution in [3.63, 3.8) is 0 Å². The van der Waals surface area contributed by atoms with Gasteiger partial charge in [0.25, 0.3) is 0 Å². The topological polar surface area (TPSA) is 30.5 Å². The quantitative estimate of drug-likeness (QED) is 0.543. The molecule has 2 aromatic rings. The molecular weight excluding hydrogens is 411 g/mol. The Bertz CT molecular complexity index is 844. The molecule has 1 heterocycles. The summed E-state index contributed by atoms with van der Waals surface area (Å²) in [6, 6.07) is 13.8. The summed E-state index contributed by atoms with van der Waals surface area (Å²) in [5.74, 6) is 1.98. The van der Waals surface area contributed by atoms with Crippen molar-refractivity contribution in [1.82, 2.24) is 5.32 Å². The average Bonchev–Trinajstić information content (AvgIpc) is 2.90. The summed E-state index contributed by atoms with van der Waals surface area (Å²) in [5, 5.41) is 3.74. The molecule has 0 aromatic heterocycles. The zero-order valence-corrected chi connectivity index (χ0v) is 18.3. The van der Waals surface area contributed by atoms with Crippen molar-refractivity contribution in [2.24, 2.45) is 0 Å². The van der Waals surface area contributed by atoms with E-state index in [2.05, 4.69) is 5.32 Å². The molecule has 0 saturated carbocycles. The molecule has 164 valence electrons. The number of fused-ring (bicyclic) bond motifs is 1. The predicted molar refractivity (Wildman–Crippen MR) is 115 cm³/mol. The number of thioether (sulfide) groups is 1. The van der Waals surface area contributed by atoms with Crippen LogP contribution >= 0.6 is 11.8 Å². The molecule has 0 fully saturated rings. The average molecular weight is 440 g/mol. The minimum absolute atomic E-state index is 0.107. The Labute approximate surface area is 180 Å². The predicted octanol–water partition coefficient (Wildman–Crippen LogP) is 6.37. The largest absolute Gasteiger partial charge is 0.493 e. The van der Waals surface area contributed by atoms with Crippen LogP contribution in [-0.2, 0) is 0 Å². The molecule has 30 heavy (non-hydrogen) atoms. The number of alkyl halides is 3. The maximum Gasteiger partial charge on any atom is 0.389 e. The molecule has 0 unspecified atom stereocenters. The van der Waals surface area contributed by atoms with Crippen LogP contribution in [0.25, 0.3) is 0 Å². The SMILES string of the molecule is CC[C@]1(CCCC(F)(F)F)CSc2cc(OC)c(OC)cc2[C@H](c2ccccc2)N1. The third-order valence-corrected chi connectivity index (χ3v) is 7.07. The van der Waals surface area contributed by atoms with E-state index in [1.807, 2.05) is 49.4 Å². The second-order valence-corrected chi connectivity index (χ2v) is 8.64. The normalized spacial score (nSPS) is 21.6. The summed E-state index contributed by atoms with van der Waals surface area (Å²) in [6.07, 6.45) is -3.58.